The van der Waals surface area contributed by atoms with Gasteiger partial charge < -0.3 is 14.8 Å². The molecule has 0 atom stereocenters. The maximum absolute atomic E-state index is 13.2. The highest BCUT2D eigenvalue weighted by molar-refractivity contribution is 6.33. The Labute approximate surface area is 190 Å². The highest BCUT2D eigenvalue weighted by atomic mass is 35.5. The van der Waals surface area contributed by atoms with Gasteiger partial charge in [0.25, 0.3) is 11.7 Å². The van der Waals surface area contributed by atoms with Crippen molar-refractivity contribution in [2.45, 2.75) is 51.4 Å². The molecule has 1 N–H and O–H groups in total. The van der Waals surface area contributed by atoms with Gasteiger partial charge in [-0.1, -0.05) is 30.2 Å². The van der Waals surface area contributed by atoms with Crippen LogP contribution in [-0.4, -0.2) is 21.5 Å². The molecule has 3 aromatic rings. The van der Waals surface area contributed by atoms with Crippen LogP contribution >= 0.6 is 11.6 Å². The van der Waals surface area contributed by atoms with Crippen LogP contribution in [-0.2, 0) is 6.54 Å². The number of fused-ring (bicyclic) bond motifs is 1. The van der Waals surface area contributed by atoms with E-state index in [9.17, 15) is 9.18 Å². The van der Waals surface area contributed by atoms with E-state index in [-0.39, 0.29) is 16.9 Å². The average Bonchev–Trinajstić information content (AvgIpc) is 3.25. The number of carbonyl (C=O) groups excluding carboxylic acids is 1. The molecule has 1 amide bonds. The number of aryl methyl sites for hydroxylation is 1. The third-order valence-electron chi connectivity index (χ3n) is 5.95. The first-order valence-electron chi connectivity index (χ1n) is 10.7. The molecule has 6 nitrogen and oxygen atoms in total. The van der Waals surface area contributed by atoms with Gasteiger partial charge in [-0.15, -0.1) is 0 Å². The predicted molar refractivity (Wildman–Crippen MR) is 119 cm³/mol. The summed E-state index contributed by atoms with van der Waals surface area (Å²) in [5, 5.41) is 7.50. The summed E-state index contributed by atoms with van der Waals surface area (Å²) in [7, 11) is 0. The van der Waals surface area contributed by atoms with Gasteiger partial charge in [-0.2, -0.15) is 5.10 Å². The second-order valence-corrected chi connectivity index (χ2v) is 8.68. The van der Waals surface area contributed by atoms with E-state index in [1.54, 1.807) is 31.2 Å². The molecule has 2 heterocycles. The second kappa shape index (κ2) is 8.13. The topological polar surface area (TPSA) is 65.4 Å². The van der Waals surface area contributed by atoms with Crippen LogP contribution in [0.1, 0.15) is 53.7 Å². The summed E-state index contributed by atoms with van der Waals surface area (Å²) in [6.45, 7) is 2.06. The van der Waals surface area contributed by atoms with E-state index in [4.69, 9.17) is 21.1 Å². The van der Waals surface area contributed by atoms with Crippen molar-refractivity contribution < 1.29 is 18.7 Å². The van der Waals surface area contributed by atoms with Crippen molar-refractivity contribution in [1.29, 1.82) is 0 Å². The first-order valence-corrected chi connectivity index (χ1v) is 11.1. The Balaban J connectivity index is 1.32. The number of anilines is 1. The normalized spacial score (nSPS) is 16.3. The van der Waals surface area contributed by atoms with Gasteiger partial charge in [0, 0.05) is 24.6 Å². The minimum atomic E-state index is -0.565. The molecular formula is C24H23ClFN3O3. The highest BCUT2D eigenvalue weighted by Crippen LogP contribution is 2.46. The fraction of sp³-hybridized carbons (Fsp3) is 0.333. The quantitative estimate of drug-likeness (QED) is 0.546. The van der Waals surface area contributed by atoms with Gasteiger partial charge in [0.15, 0.2) is 11.5 Å². The molecule has 1 fully saturated rings. The monoisotopic (exact) mass is 455 g/mol. The third kappa shape index (κ3) is 3.93. The molecule has 0 saturated heterocycles. The molecule has 0 bridgehead atoms. The van der Waals surface area contributed by atoms with Crippen LogP contribution in [0, 0.1) is 12.7 Å². The largest absolute Gasteiger partial charge is 0.448 e. The Kier molecular flexibility index (Phi) is 5.29. The Morgan fingerprint density at radius 2 is 1.84 bits per heavy atom. The van der Waals surface area contributed by atoms with Gasteiger partial charge in [0.1, 0.15) is 11.0 Å². The Hall–Kier alpha value is -3.06. The van der Waals surface area contributed by atoms with E-state index in [2.05, 4.69) is 10.4 Å². The minimum absolute atomic E-state index is 0.228. The first kappa shape index (κ1) is 20.8. The van der Waals surface area contributed by atoms with Crippen molar-refractivity contribution in [3.05, 3.63) is 70.3 Å². The molecule has 2 aliphatic rings. The molecule has 5 rings (SSSR count). The average molecular weight is 456 g/mol. The van der Waals surface area contributed by atoms with Gasteiger partial charge in [-0.05, 0) is 49.6 Å². The summed E-state index contributed by atoms with van der Waals surface area (Å²) in [6, 6.07) is 11.5. The van der Waals surface area contributed by atoms with Gasteiger partial charge in [0.2, 0.25) is 0 Å². The van der Waals surface area contributed by atoms with Crippen molar-refractivity contribution in [3.8, 4) is 11.5 Å². The van der Waals surface area contributed by atoms with E-state index in [0.29, 0.717) is 35.0 Å². The number of hydrogen-bond donors (Lipinski definition) is 1. The van der Waals surface area contributed by atoms with E-state index in [1.165, 1.54) is 23.2 Å². The van der Waals surface area contributed by atoms with Crippen molar-refractivity contribution >= 4 is 23.2 Å². The van der Waals surface area contributed by atoms with Crippen molar-refractivity contribution in [3.63, 3.8) is 0 Å². The van der Waals surface area contributed by atoms with Gasteiger partial charge in [-0.3, -0.25) is 4.79 Å². The summed E-state index contributed by atoms with van der Waals surface area (Å²) in [4.78, 5) is 13.0. The summed E-state index contributed by atoms with van der Waals surface area (Å²) < 4.78 is 26.9. The molecule has 0 unspecified atom stereocenters. The number of hydrogen-bond acceptors (Lipinski definition) is 4. The molecule has 2 aromatic carbocycles. The minimum Gasteiger partial charge on any atom is -0.448 e. The SMILES string of the molecule is Cc1nn(Cc2ccc(F)cc2)c(Cl)c1C(=O)Nc1ccc2c(c1)OC1(CCCCC1)O2. The van der Waals surface area contributed by atoms with E-state index >= 15 is 0 Å². The summed E-state index contributed by atoms with van der Waals surface area (Å²) in [6.07, 6.45) is 5.09. The standard InChI is InChI=1S/C24H23ClFN3O3/c1-15-21(22(25)29(28-15)14-16-5-7-17(26)8-6-16)23(30)27-18-9-10-19-20(13-18)32-24(31-19)11-3-2-4-12-24/h5-10,13H,2-4,11-12,14H2,1H3,(H,27,30). The molecule has 0 radical (unpaired) electrons. The van der Waals surface area contributed by atoms with Crippen LogP contribution in [0.5, 0.6) is 11.5 Å². The number of ether oxygens (including phenoxy) is 2. The molecule has 1 spiro atoms. The van der Waals surface area contributed by atoms with E-state index in [0.717, 1.165) is 31.2 Å². The number of benzene rings is 2. The fourth-order valence-corrected chi connectivity index (χ4v) is 4.66. The van der Waals surface area contributed by atoms with Crippen LogP contribution in [0.15, 0.2) is 42.5 Å². The van der Waals surface area contributed by atoms with E-state index in [1.807, 2.05) is 6.07 Å². The number of amides is 1. The first-order chi connectivity index (χ1) is 15.4. The molecule has 1 aromatic heterocycles. The molecule has 1 saturated carbocycles. The maximum atomic E-state index is 13.2. The lowest BCUT2D eigenvalue weighted by atomic mass is 9.94. The lowest BCUT2D eigenvalue weighted by molar-refractivity contribution is -0.105. The lowest BCUT2D eigenvalue weighted by Crippen LogP contribution is -2.40. The summed E-state index contributed by atoms with van der Waals surface area (Å²) >= 11 is 6.48. The van der Waals surface area contributed by atoms with Gasteiger partial charge >= 0.3 is 0 Å². The van der Waals surface area contributed by atoms with Gasteiger partial charge in [-0.25, -0.2) is 9.07 Å². The zero-order chi connectivity index (χ0) is 22.3. The molecule has 166 valence electrons. The molecule has 1 aliphatic heterocycles. The lowest BCUT2D eigenvalue weighted by Gasteiger charge is -2.31. The smallest absolute Gasteiger partial charge is 0.260 e. The number of carbonyl (C=O) groups is 1. The van der Waals surface area contributed by atoms with E-state index < -0.39 is 5.79 Å². The summed E-state index contributed by atoms with van der Waals surface area (Å²) in [5.41, 5.74) is 2.23. The van der Waals surface area contributed by atoms with Crippen LogP contribution in [0.2, 0.25) is 5.15 Å². The zero-order valence-corrected chi connectivity index (χ0v) is 18.4. The van der Waals surface area contributed by atoms with Gasteiger partial charge in [0.05, 0.1) is 17.8 Å². The number of nitrogens with one attached hydrogen (secondary N) is 1. The molecule has 1 aliphatic carbocycles. The number of nitrogens with zero attached hydrogens (tertiary/aromatic N) is 2. The Morgan fingerprint density at radius 3 is 2.59 bits per heavy atom. The van der Waals surface area contributed by atoms with Crippen molar-refractivity contribution in [2.75, 3.05) is 5.32 Å². The Morgan fingerprint density at radius 1 is 1.12 bits per heavy atom. The maximum Gasteiger partial charge on any atom is 0.260 e. The summed E-state index contributed by atoms with van der Waals surface area (Å²) in [5.74, 6) is 0.106. The van der Waals surface area contributed by atoms with Crippen molar-refractivity contribution in [1.82, 2.24) is 9.78 Å². The van der Waals surface area contributed by atoms with Crippen LogP contribution in [0.3, 0.4) is 0 Å². The fourth-order valence-electron chi connectivity index (χ4n) is 4.34. The van der Waals surface area contributed by atoms with Crippen molar-refractivity contribution in [2.24, 2.45) is 0 Å². The third-order valence-corrected chi connectivity index (χ3v) is 6.33. The molecular weight excluding hydrogens is 433 g/mol. The Bertz CT molecular complexity index is 1170. The number of halogens is 2. The number of aromatic nitrogens is 2. The van der Waals surface area contributed by atoms with Crippen LogP contribution in [0.4, 0.5) is 10.1 Å². The van der Waals surface area contributed by atoms with Crippen LogP contribution in [0.25, 0.3) is 0 Å². The highest BCUT2D eigenvalue weighted by Gasteiger charge is 2.42. The molecule has 8 heteroatoms. The second-order valence-electron chi connectivity index (χ2n) is 8.33. The molecule has 32 heavy (non-hydrogen) atoms. The number of rotatable bonds is 4. The zero-order valence-electron chi connectivity index (χ0n) is 17.7. The predicted octanol–water partition coefficient (Wildman–Crippen LogP) is 5.72. The van der Waals surface area contributed by atoms with Crippen LogP contribution < -0.4 is 14.8 Å².